The van der Waals surface area contributed by atoms with Crippen LogP contribution >= 0.6 is 23.2 Å². The standard InChI is InChI=1S/C20H20Cl2N2O2/c1-11-7-12(2)19(13(3)8-11)24-10-14(9-17(24)25)20(26)23-16-6-4-5-15(21)18(16)22/h4-8,14H,9-10H2,1-3H3,(H,23,26). The molecule has 2 aromatic rings. The Morgan fingerprint density at radius 1 is 1.15 bits per heavy atom. The first kappa shape index (κ1) is 18.7. The van der Waals surface area contributed by atoms with E-state index in [2.05, 4.69) is 17.4 Å². The van der Waals surface area contributed by atoms with E-state index in [1.165, 1.54) is 0 Å². The van der Waals surface area contributed by atoms with Crippen molar-refractivity contribution in [2.75, 3.05) is 16.8 Å². The van der Waals surface area contributed by atoms with Gasteiger partial charge in [0.05, 0.1) is 21.7 Å². The molecule has 4 nitrogen and oxygen atoms in total. The molecule has 0 spiro atoms. The van der Waals surface area contributed by atoms with Crippen molar-refractivity contribution in [2.24, 2.45) is 5.92 Å². The van der Waals surface area contributed by atoms with Gasteiger partial charge >= 0.3 is 0 Å². The zero-order valence-corrected chi connectivity index (χ0v) is 16.4. The Kier molecular flexibility index (Phi) is 5.26. The highest BCUT2D eigenvalue weighted by molar-refractivity contribution is 6.44. The number of hydrogen-bond acceptors (Lipinski definition) is 2. The van der Waals surface area contributed by atoms with Crippen molar-refractivity contribution >= 4 is 46.4 Å². The van der Waals surface area contributed by atoms with Gasteiger partial charge in [-0.25, -0.2) is 0 Å². The number of halogens is 2. The number of carbonyl (C=O) groups excluding carboxylic acids is 2. The minimum absolute atomic E-state index is 0.0441. The van der Waals surface area contributed by atoms with Crippen LogP contribution in [0.25, 0.3) is 0 Å². The van der Waals surface area contributed by atoms with Gasteiger partial charge < -0.3 is 10.2 Å². The van der Waals surface area contributed by atoms with Crippen LogP contribution in [-0.2, 0) is 9.59 Å². The zero-order valence-electron chi connectivity index (χ0n) is 14.9. The molecule has 6 heteroatoms. The lowest BCUT2D eigenvalue weighted by atomic mass is 10.0. The summed E-state index contributed by atoms with van der Waals surface area (Å²) >= 11 is 12.1. The van der Waals surface area contributed by atoms with E-state index in [4.69, 9.17) is 23.2 Å². The van der Waals surface area contributed by atoms with E-state index in [1.54, 1.807) is 23.1 Å². The molecule has 1 N–H and O–H groups in total. The minimum Gasteiger partial charge on any atom is -0.324 e. The van der Waals surface area contributed by atoms with Gasteiger partial charge in [0.2, 0.25) is 11.8 Å². The van der Waals surface area contributed by atoms with E-state index in [1.807, 2.05) is 20.8 Å². The van der Waals surface area contributed by atoms with Crippen molar-refractivity contribution in [1.29, 1.82) is 0 Å². The third-order valence-electron chi connectivity index (χ3n) is 4.61. The molecule has 2 aromatic carbocycles. The van der Waals surface area contributed by atoms with Crippen LogP contribution in [-0.4, -0.2) is 18.4 Å². The molecule has 2 amide bonds. The number of hydrogen-bond donors (Lipinski definition) is 1. The summed E-state index contributed by atoms with van der Waals surface area (Å²) in [6, 6.07) is 9.16. The number of rotatable bonds is 3. The number of aryl methyl sites for hydroxylation is 3. The van der Waals surface area contributed by atoms with Crippen LogP contribution in [0.5, 0.6) is 0 Å². The summed E-state index contributed by atoms with van der Waals surface area (Å²) in [5.74, 6) is -0.706. The maximum absolute atomic E-state index is 12.6. The zero-order chi connectivity index (χ0) is 19.0. The molecule has 0 aromatic heterocycles. The van der Waals surface area contributed by atoms with Crippen LogP contribution in [0.15, 0.2) is 30.3 Å². The maximum Gasteiger partial charge on any atom is 0.229 e. The summed E-state index contributed by atoms with van der Waals surface area (Å²) in [5, 5.41) is 3.46. The average molecular weight is 391 g/mol. The first-order valence-electron chi connectivity index (χ1n) is 8.41. The van der Waals surface area contributed by atoms with E-state index in [9.17, 15) is 9.59 Å². The molecule has 1 aliphatic rings. The Morgan fingerprint density at radius 3 is 2.46 bits per heavy atom. The van der Waals surface area contributed by atoms with Crippen LogP contribution in [0.4, 0.5) is 11.4 Å². The van der Waals surface area contributed by atoms with E-state index in [-0.39, 0.29) is 18.2 Å². The number of anilines is 2. The van der Waals surface area contributed by atoms with Crippen molar-refractivity contribution in [3.8, 4) is 0 Å². The minimum atomic E-state index is -0.433. The van der Waals surface area contributed by atoms with Crippen molar-refractivity contribution in [2.45, 2.75) is 27.2 Å². The highest BCUT2D eigenvalue weighted by Gasteiger charge is 2.36. The topological polar surface area (TPSA) is 49.4 Å². The molecular weight excluding hydrogens is 371 g/mol. The number of nitrogens with zero attached hydrogens (tertiary/aromatic N) is 1. The second-order valence-corrected chi connectivity index (χ2v) is 7.53. The lowest BCUT2D eigenvalue weighted by Crippen LogP contribution is -2.29. The van der Waals surface area contributed by atoms with Gasteiger partial charge in [-0.3, -0.25) is 9.59 Å². The van der Waals surface area contributed by atoms with Crippen LogP contribution in [0.3, 0.4) is 0 Å². The molecule has 1 unspecified atom stereocenters. The van der Waals surface area contributed by atoms with Gasteiger partial charge in [-0.05, 0) is 44.0 Å². The third kappa shape index (κ3) is 3.57. The van der Waals surface area contributed by atoms with Gasteiger partial charge in [0.15, 0.2) is 0 Å². The molecule has 26 heavy (non-hydrogen) atoms. The molecule has 1 atom stereocenters. The molecule has 136 valence electrons. The van der Waals surface area contributed by atoms with Crippen LogP contribution in [0.2, 0.25) is 10.0 Å². The predicted octanol–water partition coefficient (Wildman–Crippen LogP) is 4.91. The number of benzene rings is 2. The van der Waals surface area contributed by atoms with Gasteiger partial charge in [-0.2, -0.15) is 0 Å². The summed E-state index contributed by atoms with van der Waals surface area (Å²) in [7, 11) is 0. The van der Waals surface area contributed by atoms with Gasteiger partial charge in [0.1, 0.15) is 0 Å². The average Bonchev–Trinajstić information content (AvgIpc) is 2.93. The van der Waals surface area contributed by atoms with Crippen LogP contribution in [0, 0.1) is 26.7 Å². The number of amides is 2. The molecule has 0 aliphatic carbocycles. The fraction of sp³-hybridized carbons (Fsp3) is 0.300. The maximum atomic E-state index is 12.6. The normalized spacial score (nSPS) is 16.9. The smallest absolute Gasteiger partial charge is 0.229 e. The molecule has 0 radical (unpaired) electrons. The molecule has 0 bridgehead atoms. The largest absolute Gasteiger partial charge is 0.324 e. The molecule has 1 saturated heterocycles. The Balaban J connectivity index is 1.80. The molecule has 1 aliphatic heterocycles. The Labute approximate surface area is 163 Å². The van der Waals surface area contributed by atoms with Crippen LogP contribution < -0.4 is 10.2 Å². The Bertz CT molecular complexity index is 872. The highest BCUT2D eigenvalue weighted by Crippen LogP contribution is 2.33. The number of nitrogens with one attached hydrogen (secondary N) is 1. The first-order chi connectivity index (χ1) is 12.3. The summed E-state index contributed by atoms with van der Waals surface area (Å²) in [6.45, 7) is 6.36. The quantitative estimate of drug-likeness (QED) is 0.808. The van der Waals surface area contributed by atoms with E-state index >= 15 is 0 Å². The third-order valence-corrected chi connectivity index (χ3v) is 5.43. The summed E-state index contributed by atoms with van der Waals surface area (Å²) in [4.78, 5) is 26.9. The summed E-state index contributed by atoms with van der Waals surface area (Å²) < 4.78 is 0. The molecule has 0 saturated carbocycles. The van der Waals surface area contributed by atoms with E-state index in [0.29, 0.717) is 22.3 Å². The Morgan fingerprint density at radius 2 is 1.81 bits per heavy atom. The monoisotopic (exact) mass is 390 g/mol. The molecule has 3 rings (SSSR count). The van der Waals surface area contributed by atoms with Crippen molar-refractivity contribution in [1.82, 2.24) is 0 Å². The fourth-order valence-corrected chi connectivity index (χ4v) is 3.88. The molecule has 1 heterocycles. The van der Waals surface area contributed by atoms with Gasteiger partial charge in [-0.1, -0.05) is 47.0 Å². The van der Waals surface area contributed by atoms with E-state index in [0.717, 1.165) is 22.4 Å². The highest BCUT2D eigenvalue weighted by atomic mass is 35.5. The van der Waals surface area contributed by atoms with Gasteiger partial charge in [0.25, 0.3) is 0 Å². The van der Waals surface area contributed by atoms with E-state index < -0.39 is 5.92 Å². The second-order valence-electron chi connectivity index (χ2n) is 6.74. The van der Waals surface area contributed by atoms with Crippen molar-refractivity contribution in [3.05, 3.63) is 57.1 Å². The van der Waals surface area contributed by atoms with Crippen molar-refractivity contribution < 1.29 is 9.59 Å². The molecular formula is C20H20Cl2N2O2. The summed E-state index contributed by atoms with van der Waals surface area (Å²) in [6.07, 6.45) is 0.177. The lowest BCUT2D eigenvalue weighted by molar-refractivity contribution is -0.122. The van der Waals surface area contributed by atoms with Crippen LogP contribution in [0.1, 0.15) is 23.1 Å². The number of carbonyl (C=O) groups is 2. The summed E-state index contributed by atoms with van der Waals surface area (Å²) in [5.41, 5.74) is 4.58. The second kappa shape index (κ2) is 7.29. The SMILES string of the molecule is Cc1cc(C)c(N2CC(C(=O)Nc3cccc(Cl)c3Cl)CC2=O)c(C)c1. The lowest BCUT2D eigenvalue weighted by Gasteiger charge is -2.22. The fourth-order valence-electron chi connectivity index (χ4n) is 3.53. The predicted molar refractivity (Wildman–Crippen MR) is 106 cm³/mol. The van der Waals surface area contributed by atoms with Crippen molar-refractivity contribution in [3.63, 3.8) is 0 Å². The molecule has 1 fully saturated rings. The first-order valence-corrected chi connectivity index (χ1v) is 9.16. The van der Waals surface area contributed by atoms with Gasteiger partial charge in [-0.15, -0.1) is 0 Å². The Hall–Kier alpha value is -2.04. The van der Waals surface area contributed by atoms with Gasteiger partial charge in [0, 0.05) is 18.7 Å².